The maximum absolute atomic E-state index is 13.2. The van der Waals surface area contributed by atoms with Gasteiger partial charge in [0.25, 0.3) is 3.93 Å². The molecule has 102 valence electrons. The Morgan fingerprint density at radius 1 is 0.882 bits per heavy atom. The molecule has 0 atom stereocenters. The summed E-state index contributed by atoms with van der Waals surface area (Å²) in [5.74, 6) is -2.66. The Hall–Kier alpha value is 0.190. The zero-order valence-corrected chi connectivity index (χ0v) is 12.0. The topological polar surface area (TPSA) is 0 Å². The lowest BCUT2D eigenvalue weighted by molar-refractivity contribution is -0.0201. The third-order valence-electron chi connectivity index (χ3n) is 2.45. The number of unbranched alkanes of at least 4 members (excludes halogenated alkanes) is 3. The van der Waals surface area contributed by atoms with E-state index in [9.17, 15) is 17.6 Å². The molecule has 17 heavy (non-hydrogen) atoms. The van der Waals surface area contributed by atoms with Crippen LogP contribution < -0.4 is 0 Å². The van der Waals surface area contributed by atoms with Crippen molar-refractivity contribution in [3.05, 3.63) is 12.7 Å². The predicted octanol–water partition coefficient (Wildman–Crippen LogP) is 5.96. The Labute approximate surface area is 114 Å². The number of alkyl halides is 5. The Bertz CT molecular complexity index is 211. The van der Waals surface area contributed by atoms with E-state index in [1.165, 1.54) is 0 Å². The van der Waals surface area contributed by atoms with Crippen LogP contribution in [0.25, 0.3) is 0 Å². The highest BCUT2D eigenvalue weighted by Crippen LogP contribution is 2.31. The monoisotopic (exact) mass is 366 g/mol. The van der Waals surface area contributed by atoms with Crippen LogP contribution in [-0.4, -0.2) is 9.85 Å². The summed E-state index contributed by atoms with van der Waals surface area (Å²) in [7, 11) is 0. The van der Waals surface area contributed by atoms with Crippen LogP contribution in [0.4, 0.5) is 17.6 Å². The summed E-state index contributed by atoms with van der Waals surface area (Å²) >= 11 is 1.08. The number of hydrogen-bond acceptors (Lipinski definition) is 0. The minimum atomic E-state index is -2.70. The van der Waals surface area contributed by atoms with E-state index in [1.54, 1.807) is 6.08 Å². The molecule has 0 aromatic carbocycles. The first-order valence-corrected chi connectivity index (χ1v) is 6.90. The van der Waals surface area contributed by atoms with E-state index in [0.717, 1.165) is 22.6 Å². The maximum atomic E-state index is 13.2. The van der Waals surface area contributed by atoms with Gasteiger partial charge in [0, 0.05) is 19.3 Å². The Kier molecular flexibility index (Phi) is 8.41. The van der Waals surface area contributed by atoms with Crippen LogP contribution in [0.1, 0.15) is 51.4 Å². The van der Waals surface area contributed by atoms with Crippen molar-refractivity contribution in [3.8, 4) is 0 Å². The third-order valence-corrected chi connectivity index (χ3v) is 2.99. The molecule has 0 nitrogen and oxygen atoms in total. The van der Waals surface area contributed by atoms with Crippen molar-refractivity contribution >= 4 is 22.6 Å². The van der Waals surface area contributed by atoms with Crippen LogP contribution in [0, 0.1) is 0 Å². The fraction of sp³-hybridized carbons (Fsp3) is 0.833. The van der Waals surface area contributed by atoms with Crippen LogP contribution in [0.5, 0.6) is 0 Å². The van der Waals surface area contributed by atoms with E-state index in [4.69, 9.17) is 0 Å². The molecule has 0 heterocycles. The summed E-state index contributed by atoms with van der Waals surface area (Å²) in [6.45, 7) is 3.47. The molecule has 0 aliphatic carbocycles. The number of halogens is 5. The molecule has 5 heteroatoms. The molecule has 0 radical (unpaired) electrons. The third kappa shape index (κ3) is 12.4. The van der Waals surface area contributed by atoms with Crippen molar-refractivity contribution in [2.45, 2.75) is 61.2 Å². The molecule has 0 N–H and O–H groups in total. The Morgan fingerprint density at radius 3 is 1.94 bits per heavy atom. The van der Waals surface area contributed by atoms with E-state index in [0.29, 0.717) is 32.1 Å². The van der Waals surface area contributed by atoms with E-state index >= 15 is 0 Å². The van der Waals surface area contributed by atoms with Crippen LogP contribution in [0.3, 0.4) is 0 Å². The van der Waals surface area contributed by atoms with Crippen LogP contribution >= 0.6 is 22.6 Å². The zero-order chi connectivity index (χ0) is 13.4. The second kappa shape index (κ2) is 8.32. The van der Waals surface area contributed by atoms with E-state index in [-0.39, 0.29) is 19.3 Å². The summed E-state index contributed by atoms with van der Waals surface area (Å²) in [4.78, 5) is 0. The molecule has 0 saturated carbocycles. The highest BCUT2D eigenvalue weighted by atomic mass is 127. The first kappa shape index (κ1) is 17.2. The normalized spacial score (nSPS) is 12.8. The summed E-state index contributed by atoms with van der Waals surface area (Å²) in [6, 6.07) is 0. The van der Waals surface area contributed by atoms with Gasteiger partial charge in [-0.15, -0.1) is 6.58 Å². The van der Waals surface area contributed by atoms with Gasteiger partial charge in [0.1, 0.15) is 0 Å². The molecule has 0 bridgehead atoms. The maximum Gasteiger partial charge on any atom is 0.296 e. The lowest BCUT2D eigenvalue weighted by Crippen LogP contribution is -2.15. The number of rotatable bonds is 10. The van der Waals surface area contributed by atoms with Crippen molar-refractivity contribution in [2.75, 3.05) is 0 Å². The summed E-state index contributed by atoms with van der Waals surface area (Å²) in [5, 5.41) is 0. The average molecular weight is 366 g/mol. The van der Waals surface area contributed by atoms with Gasteiger partial charge in [0.15, 0.2) is 0 Å². The molecule has 0 rings (SSSR count). The van der Waals surface area contributed by atoms with Crippen molar-refractivity contribution < 1.29 is 17.6 Å². The average Bonchev–Trinajstić information content (AvgIpc) is 2.15. The van der Waals surface area contributed by atoms with E-state index in [2.05, 4.69) is 6.58 Å². The van der Waals surface area contributed by atoms with Crippen molar-refractivity contribution in [2.24, 2.45) is 0 Å². The van der Waals surface area contributed by atoms with Crippen molar-refractivity contribution in [1.82, 2.24) is 0 Å². The molecule has 0 saturated heterocycles. The van der Waals surface area contributed by atoms with Gasteiger partial charge < -0.3 is 0 Å². The molecule has 0 aliphatic heterocycles. The highest BCUT2D eigenvalue weighted by Gasteiger charge is 2.27. The lowest BCUT2D eigenvalue weighted by Gasteiger charge is -2.15. The van der Waals surface area contributed by atoms with Crippen LogP contribution in [-0.2, 0) is 0 Å². The molecule has 0 fully saturated rings. The predicted molar refractivity (Wildman–Crippen MR) is 71.0 cm³/mol. The number of hydrogen-bond donors (Lipinski definition) is 0. The molecule has 0 unspecified atom stereocenters. The fourth-order valence-electron chi connectivity index (χ4n) is 1.52. The smallest absolute Gasteiger partial charge is 0.207 e. The van der Waals surface area contributed by atoms with Crippen molar-refractivity contribution in [1.29, 1.82) is 0 Å². The lowest BCUT2D eigenvalue weighted by atomic mass is 10.0. The second-order valence-electron chi connectivity index (χ2n) is 4.21. The fourth-order valence-corrected chi connectivity index (χ4v) is 1.90. The van der Waals surface area contributed by atoms with Gasteiger partial charge in [-0.05, 0) is 48.3 Å². The molecule has 0 spiro atoms. The minimum Gasteiger partial charge on any atom is -0.207 e. The SMILES string of the molecule is C=CCCCC(F)(F)CCCCCC(F)(F)I. The largest absolute Gasteiger partial charge is 0.296 e. The molecule has 0 aliphatic rings. The van der Waals surface area contributed by atoms with E-state index < -0.39 is 9.85 Å². The van der Waals surface area contributed by atoms with Gasteiger partial charge in [-0.2, -0.15) is 8.78 Å². The van der Waals surface area contributed by atoms with Crippen molar-refractivity contribution in [3.63, 3.8) is 0 Å². The molecule has 0 aromatic rings. The molecular weight excluding hydrogens is 347 g/mol. The molecule has 0 amide bonds. The van der Waals surface area contributed by atoms with Crippen LogP contribution in [0.2, 0.25) is 0 Å². The van der Waals surface area contributed by atoms with Crippen LogP contribution in [0.15, 0.2) is 12.7 Å². The number of allylic oxidation sites excluding steroid dienone is 1. The van der Waals surface area contributed by atoms with Gasteiger partial charge in [0.05, 0.1) is 0 Å². The zero-order valence-electron chi connectivity index (χ0n) is 9.83. The van der Waals surface area contributed by atoms with Gasteiger partial charge in [-0.25, -0.2) is 8.78 Å². The van der Waals surface area contributed by atoms with Gasteiger partial charge in [-0.3, -0.25) is 0 Å². The van der Waals surface area contributed by atoms with E-state index in [1.807, 2.05) is 0 Å². The summed E-state index contributed by atoms with van der Waals surface area (Å²) < 4.78 is 48.6. The quantitative estimate of drug-likeness (QED) is 0.147. The van der Waals surface area contributed by atoms with Gasteiger partial charge in [-0.1, -0.05) is 12.5 Å². The first-order chi connectivity index (χ1) is 7.77. The second-order valence-corrected chi connectivity index (χ2v) is 5.79. The standard InChI is InChI=1S/C12H19F4I/c1-2-3-5-8-11(13,14)9-6-4-7-10-12(15,16)17/h2H,1,3-10H2. The first-order valence-electron chi connectivity index (χ1n) is 5.82. The minimum absolute atomic E-state index is 0.137. The highest BCUT2D eigenvalue weighted by molar-refractivity contribution is 14.1. The molecular formula is C12H19F4I. The summed E-state index contributed by atoms with van der Waals surface area (Å²) in [6.07, 6.45) is 3.15. The molecule has 0 aromatic heterocycles. The summed E-state index contributed by atoms with van der Waals surface area (Å²) in [5.41, 5.74) is 0. The Balaban J connectivity index is 3.55. The van der Waals surface area contributed by atoms with Gasteiger partial charge in [0.2, 0.25) is 5.92 Å². The van der Waals surface area contributed by atoms with Gasteiger partial charge >= 0.3 is 0 Å². The Morgan fingerprint density at radius 2 is 1.41 bits per heavy atom.